The van der Waals surface area contributed by atoms with Gasteiger partial charge in [0, 0.05) is 38.9 Å². The molecule has 21 heavy (non-hydrogen) atoms. The van der Waals surface area contributed by atoms with Gasteiger partial charge in [-0.25, -0.2) is 0 Å². The highest BCUT2D eigenvalue weighted by atomic mass is 35.5. The van der Waals surface area contributed by atoms with Crippen LogP contribution in [0.1, 0.15) is 28.4 Å². The average Bonchev–Trinajstić information content (AvgIpc) is 2.89. The number of para-hydroxylation sites is 1. The third-order valence-corrected chi connectivity index (χ3v) is 3.83. The molecule has 0 aliphatic heterocycles. The molecule has 3 aromatic rings. The topological polar surface area (TPSA) is 58.9 Å². The maximum absolute atomic E-state index is 12.7. The second kappa shape index (κ2) is 5.26. The Labute approximate surface area is 127 Å². The van der Waals surface area contributed by atoms with Crippen molar-refractivity contribution in [1.29, 1.82) is 0 Å². The number of hydrogen-bond donors (Lipinski definition) is 2. The van der Waals surface area contributed by atoms with Gasteiger partial charge in [-0.15, -0.1) is 0 Å². The van der Waals surface area contributed by atoms with E-state index in [-0.39, 0.29) is 5.78 Å². The van der Waals surface area contributed by atoms with Gasteiger partial charge in [-0.3, -0.25) is 4.79 Å². The standard InChI is InChI=1S/C17H15ClN2O/c1-2-10-4-3-5-14-15(9-20-16(10)14)17(21)11-6-12(18)8-13(19)7-11/h3-9,20H,2,19H2,1H3. The Morgan fingerprint density at radius 2 is 2.10 bits per heavy atom. The fraction of sp³-hybridized carbons (Fsp3) is 0.118. The Morgan fingerprint density at radius 3 is 2.81 bits per heavy atom. The molecule has 0 fully saturated rings. The first kappa shape index (κ1) is 13.7. The minimum Gasteiger partial charge on any atom is -0.399 e. The van der Waals surface area contributed by atoms with Crippen molar-refractivity contribution in [3.8, 4) is 0 Å². The Bertz CT molecular complexity index is 816. The molecule has 0 aliphatic rings. The second-order valence-corrected chi connectivity index (χ2v) is 5.43. The SMILES string of the molecule is CCc1cccc2c(C(=O)c3cc(N)cc(Cl)c3)c[nH]c12. The lowest BCUT2D eigenvalue weighted by Gasteiger charge is -2.03. The molecule has 4 heteroatoms. The van der Waals surface area contributed by atoms with E-state index in [1.807, 2.05) is 12.1 Å². The minimum atomic E-state index is -0.0799. The van der Waals surface area contributed by atoms with Gasteiger partial charge < -0.3 is 10.7 Å². The Hall–Kier alpha value is -2.26. The number of aryl methyl sites for hydroxylation is 1. The van der Waals surface area contributed by atoms with Crippen LogP contribution >= 0.6 is 11.6 Å². The lowest BCUT2D eigenvalue weighted by atomic mass is 10.0. The number of nitrogens with two attached hydrogens (primary N) is 1. The number of nitrogens with one attached hydrogen (secondary N) is 1. The molecule has 0 spiro atoms. The van der Waals surface area contributed by atoms with Gasteiger partial charge in [0.25, 0.3) is 0 Å². The third kappa shape index (κ3) is 2.41. The van der Waals surface area contributed by atoms with Crippen LogP contribution in [0.4, 0.5) is 5.69 Å². The molecule has 0 atom stereocenters. The maximum Gasteiger partial charge on any atom is 0.195 e. The van der Waals surface area contributed by atoms with Crippen LogP contribution in [0, 0.1) is 0 Å². The van der Waals surface area contributed by atoms with Crippen LogP contribution in [0.2, 0.25) is 5.02 Å². The largest absolute Gasteiger partial charge is 0.399 e. The molecule has 0 saturated carbocycles. The summed E-state index contributed by atoms with van der Waals surface area (Å²) < 4.78 is 0. The molecule has 106 valence electrons. The maximum atomic E-state index is 12.7. The molecule has 0 aliphatic carbocycles. The van der Waals surface area contributed by atoms with Crippen LogP contribution in [0.3, 0.4) is 0 Å². The molecule has 0 radical (unpaired) electrons. The molecule has 0 unspecified atom stereocenters. The number of H-pyrrole nitrogens is 1. The fourth-order valence-electron chi connectivity index (χ4n) is 2.60. The first-order chi connectivity index (χ1) is 10.1. The summed E-state index contributed by atoms with van der Waals surface area (Å²) >= 11 is 5.98. The van der Waals surface area contributed by atoms with Gasteiger partial charge in [-0.05, 0) is 30.2 Å². The van der Waals surface area contributed by atoms with E-state index in [0.717, 1.165) is 17.3 Å². The fourth-order valence-corrected chi connectivity index (χ4v) is 2.84. The Morgan fingerprint density at radius 1 is 1.29 bits per heavy atom. The molecule has 2 aromatic carbocycles. The lowest BCUT2D eigenvalue weighted by Crippen LogP contribution is -2.01. The molecule has 0 amide bonds. The van der Waals surface area contributed by atoms with Gasteiger partial charge in [0.2, 0.25) is 0 Å². The molecule has 3 N–H and O–H groups in total. The number of anilines is 1. The van der Waals surface area contributed by atoms with Crippen molar-refractivity contribution in [2.24, 2.45) is 0 Å². The summed E-state index contributed by atoms with van der Waals surface area (Å²) in [4.78, 5) is 15.9. The first-order valence-corrected chi connectivity index (χ1v) is 7.17. The molecule has 0 bridgehead atoms. The highest BCUT2D eigenvalue weighted by Gasteiger charge is 2.16. The highest BCUT2D eigenvalue weighted by molar-refractivity contribution is 6.31. The van der Waals surface area contributed by atoms with Crippen molar-refractivity contribution in [3.05, 3.63) is 64.3 Å². The Balaban J connectivity index is 2.14. The molecule has 3 rings (SSSR count). The number of aromatic nitrogens is 1. The van der Waals surface area contributed by atoms with Gasteiger partial charge >= 0.3 is 0 Å². The van der Waals surface area contributed by atoms with Crippen LogP contribution in [0.15, 0.2) is 42.6 Å². The predicted octanol–water partition coefficient (Wildman–Crippen LogP) is 4.20. The quantitative estimate of drug-likeness (QED) is 0.562. The zero-order valence-corrected chi connectivity index (χ0v) is 12.4. The number of benzene rings is 2. The molecular formula is C17H15ClN2O. The van der Waals surface area contributed by atoms with Gasteiger partial charge in [0.1, 0.15) is 0 Å². The number of fused-ring (bicyclic) bond motifs is 1. The first-order valence-electron chi connectivity index (χ1n) is 6.80. The van der Waals surface area contributed by atoms with E-state index in [1.54, 1.807) is 24.4 Å². The molecule has 1 heterocycles. The summed E-state index contributed by atoms with van der Waals surface area (Å²) in [6.45, 7) is 2.09. The third-order valence-electron chi connectivity index (χ3n) is 3.61. The van der Waals surface area contributed by atoms with Gasteiger partial charge in [-0.1, -0.05) is 36.7 Å². The van der Waals surface area contributed by atoms with Crippen molar-refractivity contribution in [2.75, 3.05) is 5.73 Å². The Kier molecular flexibility index (Phi) is 3.43. The number of rotatable bonds is 3. The van der Waals surface area contributed by atoms with Crippen molar-refractivity contribution in [3.63, 3.8) is 0 Å². The molecule has 1 aromatic heterocycles. The normalized spacial score (nSPS) is 11.0. The number of ketones is 1. The van der Waals surface area contributed by atoms with E-state index >= 15 is 0 Å². The van der Waals surface area contributed by atoms with Crippen LogP contribution in [0.5, 0.6) is 0 Å². The van der Waals surface area contributed by atoms with Crippen molar-refractivity contribution < 1.29 is 4.79 Å². The molecule has 3 nitrogen and oxygen atoms in total. The summed E-state index contributed by atoms with van der Waals surface area (Å²) in [7, 11) is 0. The zero-order chi connectivity index (χ0) is 15.0. The zero-order valence-electron chi connectivity index (χ0n) is 11.6. The van der Waals surface area contributed by atoms with Gasteiger partial charge in [-0.2, -0.15) is 0 Å². The average molecular weight is 299 g/mol. The number of hydrogen-bond acceptors (Lipinski definition) is 2. The summed E-state index contributed by atoms with van der Waals surface area (Å²) in [6, 6.07) is 10.9. The second-order valence-electron chi connectivity index (χ2n) is 5.00. The van der Waals surface area contributed by atoms with E-state index in [9.17, 15) is 4.79 Å². The number of nitrogen functional groups attached to an aromatic ring is 1. The van der Waals surface area contributed by atoms with E-state index in [1.165, 1.54) is 5.56 Å². The van der Waals surface area contributed by atoms with Crippen LogP contribution in [-0.2, 0) is 6.42 Å². The van der Waals surface area contributed by atoms with Gasteiger partial charge in [0.15, 0.2) is 5.78 Å². The number of carbonyl (C=O) groups excluding carboxylic acids is 1. The van der Waals surface area contributed by atoms with E-state index in [4.69, 9.17) is 17.3 Å². The monoisotopic (exact) mass is 298 g/mol. The van der Waals surface area contributed by atoms with E-state index in [0.29, 0.717) is 21.8 Å². The summed E-state index contributed by atoms with van der Waals surface area (Å²) in [5, 5.41) is 1.39. The molecule has 0 saturated heterocycles. The van der Waals surface area contributed by atoms with E-state index in [2.05, 4.69) is 18.0 Å². The lowest BCUT2D eigenvalue weighted by molar-refractivity contribution is 0.104. The summed E-state index contributed by atoms with van der Waals surface area (Å²) in [5.41, 5.74) is 9.60. The number of aromatic amines is 1. The number of halogens is 1. The minimum absolute atomic E-state index is 0.0799. The summed E-state index contributed by atoms with van der Waals surface area (Å²) in [5.74, 6) is -0.0799. The van der Waals surface area contributed by atoms with Gasteiger partial charge in [0.05, 0.1) is 0 Å². The summed E-state index contributed by atoms with van der Waals surface area (Å²) in [6.07, 6.45) is 2.67. The predicted molar refractivity (Wildman–Crippen MR) is 87.0 cm³/mol. The molecular weight excluding hydrogens is 284 g/mol. The highest BCUT2D eigenvalue weighted by Crippen LogP contribution is 2.26. The van der Waals surface area contributed by atoms with Crippen LogP contribution < -0.4 is 5.73 Å². The van der Waals surface area contributed by atoms with Crippen molar-refractivity contribution >= 4 is 34.0 Å². The van der Waals surface area contributed by atoms with Crippen molar-refractivity contribution in [2.45, 2.75) is 13.3 Å². The van der Waals surface area contributed by atoms with E-state index < -0.39 is 0 Å². The number of carbonyl (C=O) groups is 1. The van der Waals surface area contributed by atoms with Crippen LogP contribution in [-0.4, -0.2) is 10.8 Å². The van der Waals surface area contributed by atoms with Crippen LogP contribution in [0.25, 0.3) is 10.9 Å². The smallest absolute Gasteiger partial charge is 0.195 e. The van der Waals surface area contributed by atoms with Crippen molar-refractivity contribution in [1.82, 2.24) is 4.98 Å².